The summed E-state index contributed by atoms with van der Waals surface area (Å²) in [6.07, 6.45) is 1.99. The summed E-state index contributed by atoms with van der Waals surface area (Å²) in [5, 5.41) is 3.37. The third kappa shape index (κ3) is 6.85. The molecule has 0 aromatic heterocycles. The SMILES string of the molecule is CCc1ccccc1N(CC(=O)N(Cc1ccc(Cl)cc1Cl)C(CC)C(=O)NC)S(C)(=O)=O. The van der Waals surface area contributed by atoms with E-state index in [0.717, 1.165) is 16.1 Å². The van der Waals surface area contributed by atoms with Crippen LogP contribution in [0.25, 0.3) is 0 Å². The molecule has 2 aromatic rings. The first-order valence-corrected chi connectivity index (χ1v) is 13.1. The Morgan fingerprint density at radius 2 is 1.73 bits per heavy atom. The second kappa shape index (κ2) is 11.7. The Hall–Kier alpha value is -2.29. The number of carbonyl (C=O) groups is 2. The summed E-state index contributed by atoms with van der Waals surface area (Å²) in [6, 6.07) is 11.1. The Labute approximate surface area is 205 Å². The largest absolute Gasteiger partial charge is 0.357 e. The van der Waals surface area contributed by atoms with Crippen LogP contribution in [0.2, 0.25) is 10.0 Å². The number of hydrogen-bond donors (Lipinski definition) is 1. The molecule has 0 fully saturated rings. The Bertz CT molecular complexity index is 1110. The average molecular weight is 514 g/mol. The molecule has 1 unspecified atom stereocenters. The van der Waals surface area contributed by atoms with Crippen LogP contribution < -0.4 is 9.62 Å². The summed E-state index contributed by atoms with van der Waals surface area (Å²) >= 11 is 12.3. The second-order valence-corrected chi connectivity index (χ2v) is 10.3. The van der Waals surface area contributed by atoms with Gasteiger partial charge < -0.3 is 10.2 Å². The normalized spacial score (nSPS) is 12.2. The van der Waals surface area contributed by atoms with Gasteiger partial charge in [-0.05, 0) is 42.2 Å². The molecular formula is C23H29Cl2N3O4S. The minimum absolute atomic E-state index is 0.0216. The van der Waals surface area contributed by atoms with Gasteiger partial charge in [0.05, 0.1) is 11.9 Å². The zero-order valence-electron chi connectivity index (χ0n) is 19.1. The molecule has 0 spiro atoms. The van der Waals surface area contributed by atoms with Gasteiger partial charge in [0, 0.05) is 23.6 Å². The van der Waals surface area contributed by atoms with Crippen molar-refractivity contribution < 1.29 is 18.0 Å². The molecule has 1 N–H and O–H groups in total. The van der Waals surface area contributed by atoms with Crippen LogP contribution in [0.3, 0.4) is 0 Å². The fourth-order valence-electron chi connectivity index (χ4n) is 3.57. The maximum absolute atomic E-state index is 13.5. The lowest BCUT2D eigenvalue weighted by Crippen LogP contribution is -2.51. The van der Waals surface area contributed by atoms with Crippen molar-refractivity contribution in [1.82, 2.24) is 10.2 Å². The van der Waals surface area contributed by atoms with Crippen LogP contribution in [-0.2, 0) is 32.6 Å². The highest BCUT2D eigenvalue weighted by atomic mass is 35.5. The molecule has 10 heteroatoms. The lowest BCUT2D eigenvalue weighted by atomic mass is 10.1. The van der Waals surface area contributed by atoms with Crippen LogP contribution >= 0.6 is 23.2 Å². The van der Waals surface area contributed by atoms with E-state index in [2.05, 4.69) is 5.32 Å². The van der Waals surface area contributed by atoms with E-state index in [1.165, 1.54) is 11.9 Å². The van der Waals surface area contributed by atoms with Gasteiger partial charge in [0.15, 0.2) is 0 Å². The van der Waals surface area contributed by atoms with E-state index in [0.29, 0.717) is 34.1 Å². The second-order valence-electron chi connectivity index (χ2n) is 7.55. The van der Waals surface area contributed by atoms with Crippen molar-refractivity contribution in [1.29, 1.82) is 0 Å². The number of halogens is 2. The lowest BCUT2D eigenvalue weighted by molar-refractivity contribution is -0.140. The summed E-state index contributed by atoms with van der Waals surface area (Å²) in [4.78, 5) is 27.5. The third-order valence-corrected chi connectivity index (χ3v) is 7.02. The molecule has 0 saturated carbocycles. The number of anilines is 1. The predicted octanol–water partition coefficient (Wildman–Crippen LogP) is 3.88. The van der Waals surface area contributed by atoms with E-state index in [4.69, 9.17) is 23.2 Å². The van der Waals surface area contributed by atoms with Gasteiger partial charge in [-0.15, -0.1) is 0 Å². The van der Waals surface area contributed by atoms with Crippen LogP contribution in [-0.4, -0.2) is 51.0 Å². The molecule has 2 rings (SSSR count). The molecule has 7 nitrogen and oxygen atoms in total. The van der Waals surface area contributed by atoms with Crippen molar-refractivity contribution in [3.05, 3.63) is 63.6 Å². The highest BCUT2D eigenvalue weighted by Crippen LogP contribution is 2.26. The van der Waals surface area contributed by atoms with Crippen LogP contribution in [0.4, 0.5) is 5.69 Å². The van der Waals surface area contributed by atoms with E-state index in [1.54, 1.807) is 37.3 Å². The van der Waals surface area contributed by atoms with Gasteiger partial charge in [-0.3, -0.25) is 13.9 Å². The number of carbonyl (C=O) groups excluding carboxylic acids is 2. The first-order chi connectivity index (χ1) is 15.5. The van der Waals surface area contributed by atoms with Crippen molar-refractivity contribution in [2.45, 2.75) is 39.3 Å². The van der Waals surface area contributed by atoms with Crippen LogP contribution in [0.5, 0.6) is 0 Å². The number of aryl methyl sites for hydroxylation is 1. The number of nitrogens with one attached hydrogen (secondary N) is 1. The van der Waals surface area contributed by atoms with E-state index in [1.807, 2.05) is 19.1 Å². The number of para-hydroxylation sites is 1. The van der Waals surface area contributed by atoms with Crippen molar-refractivity contribution in [2.24, 2.45) is 0 Å². The smallest absolute Gasteiger partial charge is 0.244 e. The highest BCUT2D eigenvalue weighted by Gasteiger charge is 2.32. The summed E-state index contributed by atoms with van der Waals surface area (Å²) in [6.45, 7) is 3.27. The first kappa shape index (κ1) is 27.0. The van der Waals surface area contributed by atoms with Crippen molar-refractivity contribution in [3.8, 4) is 0 Å². The van der Waals surface area contributed by atoms with Gasteiger partial charge in [0.1, 0.15) is 12.6 Å². The Kier molecular flexibility index (Phi) is 9.57. The van der Waals surface area contributed by atoms with Crippen LogP contribution in [0.1, 0.15) is 31.4 Å². The minimum atomic E-state index is -3.78. The number of hydrogen-bond acceptors (Lipinski definition) is 4. The van der Waals surface area contributed by atoms with E-state index >= 15 is 0 Å². The monoisotopic (exact) mass is 513 g/mol. The molecule has 0 radical (unpaired) electrons. The number of rotatable bonds is 10. The number of likely N-dealkylation sites (N-methyl/N-ethyl adjacent to an activating group) is 1. The molecule has 33 heavy (non-hydrogen) atoms. The Morgan fingerprint density at radius 3 is 2.27 bits per heavy atom. The van der Waals surface area contributed by atoms with Gasteiger partial charge in [-0.25, -0.2) is 8.42 Å². The molecular weight excluding hydrogens is 485 g/mol. The van der Waals surface area contributed by atoms with Crippen molar-refractivity contribution >= 4 is 50.7 Å². The maximum atomic E-state index is 13.5. The summed E-state index contributed by atoms with van der Waals surface area (Å²) < 4.78 is 26.4. The molecule has 1 atom stereocenters. The standard InChI is InChI=1S/C23H29Cl2N3O4S/c1-5-16-9-7-8-10-21(16)28(33(4,31)32)15-22(29)27(20(6-2)23(30)26-3)14-17-11-12-18(24)13-19(17)25/h7-13,20H,5-6,14-15H2,1-4H3,(H,26,30). The highest BCUT2D eigenvalue weighted by molar-refractivity contribution is 7.92. The summed E-state index contributed by atoms with van der Waals surface area (Å²) in [5.41, 5.74) is 1.83. The number of amides is 2. The third-order valence-electron chi connectivity index (χ3n) is 5.31. The molecule has 0 heterocycles. The minimum Gasteiger partial charge on any atom is -0.357 e. The molecule has 0 saturated heterocycles. The van der Waals surface area contributed by atoms with Crippen LogP contribution in [0, 0.1) is 0 Å². The Balaban J connectivity index is 2.50. The number of benzene rings is 2. The quantitative estimate of drug-likeness (QED) is 0.522. The van der Waals surface area contributed by atoms with E-state index < -0.39 is 28.5 Å². The van der Waals surface area contributed by atoms with Crippen molar-refractivity contribution in [3.63, 3.8) is 0 Å². The van der Waals surface area contributed by atoms with Crippen LogP contribution in [0.15, 0.2) is 42.5 Å². The predicted molar refractivity (Wildman–Crippen MR) is 133 cm³/mol. The molecule has 0 aliphatic carbocycles. The zero-order valence-corrected chi connectivity index (χ0v) is 21.5. The van der Waals surface area contributed by atoms with Gasteiger partial charge in [0.25, 0.3) is 0 Å². The Morgan fingerprint density at radius 1 is 1.06 bits per heavy atom. The molecule has 0 bridgehead atoms. The molecule has 180 valence electrons. The fourth-order valence-corrected chi connectivity index (χ4v) is 4.92. The van der Waals surface area contributed by atoms with Gasteiger partial charge in [0.2, 0.25) is 21.8 Å². The molecule has 2 aromatic carbocycles. The van der Waals surface area contributed by atoms with E-state index in [9.17, 15) is 18.0 Å². The van der Waals surface area contributed by atoms with E-state index in [-0.39, 0.29) is 12.5 Å². The van der Waals surface area contributed by atoms with Crippen molar-refractivity contribution in [2.75, 3.05) is 24.2 Å². The summed E-state index contributed by atoms with van der Waals surface area (Å²) in [5.74, 6) is -0.872. The molecule has 0 aliphatic rings. The zero-order chi connectivity index (χ0) is 24.8. The average Bonchev–Trinajstić information content (AvgIpc) is 2.77. The summed E-state index contributed by atoms with van der Waals surface area (Å²) in [7, 11) is -2.29. The van der Waals surface area contributed by atoms with Gasteiger partial charge in [-0.1, -0.05) is 61.3 Å². The van der Waals surface area contributed by atoms with Gasteiger partial charge in [-0.2, -0.15) is 0 Å². The fraction of sp³-hybridized carbons (Fsp3) is 0.391. The lowest BCUT2D eigenvalue weighted by Gasteiger charge is -2.33. The number of sulfonamides is 1. The van der Waals surface area contributed by atoms with Gasteiger partial charge >= 0.3 is 0 Å². The molecule has 0 aliphatic heterocycles. The topological polar surface area (TPSA) is 86.8 Å². The first-order valence-electron chi connectivity index (χ1n) is 10.5. The maximum Gasteiger partial charge on any atom is 0.244 e. The molecule has 2 amide bonds. The number of nitrogens with zero attached hydrogens (tertiary/aromatic N) is 2.